The minimum Gasteiger partial charge on any atom is -0.445 e. The van der Waals surface area contributed by atoms with Crippen LogP contribution in [-0.2, 0) is 87.8 Å². The summed E-state index contributed by atoms with van der Waals surface area (Å²) in [4.78, 5) is 179. The van der Waals surface area contributed by atoms with Crippen molar-refractivity contribution >= 4 is 82.8 Å². The molecule has 3 aliphatic rings. The van der Waals surface area contributed by atoms with Crippen LogP contribution >= 0.6 is 0 Å². The summed E-state index contributed by atoms with van der Waals surface area (Å²) in [6, 6.07) is 6.11. The van der Waals surface area contributed by atoms with Gasteiger partial charge >= 0.3 is 12.1 Å². The summed E-state index contributed by atoms with van der Waals surface area (Å²) >= 11 is 0. The van der Waals surface area contributed by atoms with Crippen molar-refractivity contribution in [3.05, 3.63) is 65.7 Å². The summed E-state index contributed by atoms with van der Waals surface area (Å²) < 4.78 is 34.0. The monoisotopic (exact) mass is 1670 g/mol. The molecule has 40 nitrogen and oxygen atoms in total. The van der Waals surface area contributed by atoms with E-state index < -0.39 is 237 Å². The molecule has 0 spiro atoms. The summed E-state index contributed by atoms with van der Waals surface area (Å²) in [6.07, 6.45) is -18.8. The molecule has 3 saturated heterocycles. The fourth-order valence-corrected chi connectivity index (χ4v) is 14.4. The van der Waals surface area contributed by atoms with Crippen molar-refractivity contribution in [2.45, 2.75) is 243 Å². The highest BCUT2D eigenvalue weighted by Gasteiger charge is 2.53. The lowest BCUT2D eigenvalue weighted by Gasteiger charge is -2.46. The van der Waals surface area contributed by atoms with Crippen LogP contribution in [0.2, 0.25) is 0 Å². The SMILES string of the molecule is CC[C@H](C)[C@@H]([C@@H](CC(=O)N1CCC[C@H]1[C@H](OC)[C@@H](C)C(=O)N[C@H](C)[C@@H](O)c1ccccc1)OC)N(C)C(=O)[C@@H](NC(=O)[C@H](C(C)C)N(C)C(=O)OCc1ccc(NC(=O)[C@H](CCCNC(N)=O)NC(=O)[C@@H](NC(=O)CNC(=O)CNC(=O)CNC(=O)C2O[C@@H](O[C@@H]3C(CO)O[C@@H](O)C(NC(C)=O)[C@H]3O)C(O)[C@@H](O)[C@@H]2O)C(C)C)cc1)C(C)C. The normalized spacial score (nSPS) is 23.3. The van der Waals surface area contributed by atoms with Gasteiger partial charge in [0.1, 0.15) is 73.4 Å². The van der Waals surface area contributed by atoms with E-state index in [2.05, 4.69) is 53.2 Å². The minimum absolute atomic E-state index is 0.00759. The molecule has 14 amide bonds. The Morgan fingerprint density at radius 2 is 1.29 bits per heavy atom. The summed E-state index contributed by atoms with van der Waals surface area (Å²) in [5.41, 5.74) is 6.58. The van der Waals surface area contributed by atoms with Crippen LogP contribution in [0.5, 0.6) is 0 Å². The number of aliphatic hydroxyl groups is 7. The number of likely N-dealkylation sites (tertiary alicyclic amines) is 1. The summed E-state index contributed by atoms with van der Waals surface area (Å²) in [5.74, 6) is -10.5. The molecule has 0 radical (unpaired) electrons. The number of rotatable bonds is 43. The quantitative estimate of drug-likeness (QED) is 0.0289. The highest BCUT2D eigenvalue weighted by Crippen LogP contribution is 2.33. The van der Waals surface area contributed by atoms with Crippen molar-refractivity contribution < 1.29 is 126 Å². The number of aliphatic hydroxyl groups excluding tert-OH is 7. The Labute approximate surface area is 686 Å². The first-order chi connectivity index (χ1) is 55.6. The number of anilines is 1. The first-order valence-electron chi connectivity index (χ1n) is 39.6. The molecule has 118 heavy (non-hydrogen) atoms. The topological polar surface area (TPSA) is 575 Å². The van der Waals surface area contributed by atoms with Gasteiger partial charge in [-0.2, -0.15) is 0 Å². The number of benzene rings is 2. The van der Waals surface area contributed by atoms with Crippen LogP contribution in [0.3, 0.4) is 0 Å². The molecule has 19 N–H and O–H groups in total. The van der Waals surface area contributed by atoms with Crippen molar-refractivity contribution in [2.75, 3.05) is 73.0 Å². The Morgan fingerprint density at radius 1 is 0.669 bits per heavy atom. The molecule has 0 bridgehead atoms. The zero-order valence-electron chi connectivity index (χ0n) is 69.6. The first kappa shape index (κ1) is 99.2. The molecule has 0 aromatic heterocycles. The van der Waals surface area contributed by atoms with Crippen LogP contribution in [0, 0.1) is 29.6 Å². The fraction of sp³-hybridized carbons (Fsp3) is 0.679. The fourth-order valence-electron chi connectivity index (χ4n) is 14.4. The second kappa shape index (κ2) is 47.5. The maximum absolute atomic E-state index is 14.9. The molecule has 2 aromatic rings. The van der Waals surface area contributed by atoms with Crippen molar-refractivity contribution in [3.8, 4) is 0 Å². The number of hydrogen-bond acceptors (Lipinski definition) is 26. The van der Waals surface area contributed by atoms with E-state index in [4.69, 9.17) is 34.2 Å². The number of nitrogens with zero attached hydrogens (tertiary/aromatic N) is 3. The van der Waals surface area contributed by atoms with Crippen LogP contribution in [0.25, 0.3) is 0 Å². The second-order valence-corrected chi connectivity index (χ2v) is 31.0. The minimum atomic E-state index is -2.13. The summed E-state index contributed by atoms with van der Waals surface area (Å²) in [5, 5.41) is 98.8. The lowest BCUT2D eigenvalue weighted by atomic mass is 9.89. The lowest BCUT2D eigenvalue weighted by Crippen LogP contribution is -2.67. The summed E-state index contributed by atoms with van der Waals surface area (Å²) in [6.45, 7) is 15.5. The molecular formula is C78H124N14O26. The number of carbonyl (C=O) groups is 13. The van der Waals surface area contributed by atoms with Gasteiger partial charge in [0, 0.05) is 54.0 Å². The molecular weight excluding hydrogens is 1550 g/mol. The van der Waals surface area contributed by atoms with E-state index in [1.807, 2.05) is 19.9 Å². The highest BCUT2D eigenvalue weighted by atomic mass is 16.7. The van der Waals surface area contributed by atoms with Gasteiger partial charge in [0.05, 0.1) is 75.0 Å². The van der Waals surface area contributed by atoms with Crippen molar-refractivity contribution in [1.29, 1.82) is 0 Å². The zero-order chi connectivity index (χ0) is 88.3. The Hall–Kier alpha value is -9.33. The number of methoxy groups -OCH3 is 2. The van der Waals surface area contributed by atoms with E-state index in [0.717, 1.165) is 11.8 Å². The van der Waals surface area contributed by atoms with Gasteiger partial charge in [-0.25, -0.2) is 9.59 Å². The van der Waals surface area contributed by atoms with Gasteiger partial charge in [0.25, 0.3) is 5.91 Å². The predicted molar refractivity (Wildman–Crippen MR) is 421 cm³/mol. The molecule has 3 heterocycles. The standard InChI is InChI=1S/C78H124N14O26/c1-16-41(8)60(50(113-14)32-55(98)92-31-21-25-49(92)66(114-15)42(9)69(104)84-43(10)61(99)46-22-18-17-19-23-46)90(12)74(109)57(39(4)5)89-72(107)59(40(6)7)91(13)78(112)115-37-45-26-28-47(29-27-45)86-70(105)48(24-20-30-80-77(79)111)87-71(106)56(38(2)3)88-54(97)35-82-52(95)33-81-53(96)34-83-73(108)68-64(102)63(101)65(103)76(118-68)117-67-51(36-93)116-75(110)58(62(67)100)85-44(11)94/h17-19,22-23,26-29,38-43,48-51,56-68,75-76,93,99-103,110H,16,20-21,24-25,30-37H2,1-15H3,(H,81,96)(H,82,95)(H,83,108)(H,84,104)(H,85,94)(H,86,105)(H,87,106)(H,88,97)(H,89,107)(H3,79,80,111)/t41-,42+,43+,48-,49-,50+,51?,56-,57-,58?,59-,60-,61+,62+,63-,64-,65?,66+,67+,68?,75+,76+/m0/s1. The van der Waals surface area contributed by atoms with Crippen LogP contribution in [0.1, 0.15) is 132 Å². The van der Waals surface area contributed by atoms with Gasteiger partial charge in [-0.05, 0) is 79.5 Å². The van der Waals surface area contributed by atoms with E-state index >= 15 is 0 Å². The Kier molecular flexibility index (Phi) is 39.9. The molecule has 0 aliphatic carbocycles. The molecule has 40 heteroatoms. The molecule has 22 atom stereocenters. The number of primary amides is 1. The number of amides is 14. The maximum atomic E-state index is 14.9. The van der Waals surface area contributed by atoms with E-state index in [9.17, 15) is 98.1 Å². The van der Waals surface area contributed by atoms with Crippen LogP contribution < -0.4 is 58.9 Å². The van der Waals surface area contributed by atoms with Crippen molar-refractivity contribution in [3.63, 3.8) is 0 Å². The van der Waals surface area contributed by atoms with Gasteiger partial charge in [0.2, 0.25) is 59.1 Å². The lowest BCUT2D eigenvalue weighted by molar-refractivity contribution is -0.339. The van der Waals surface area contributed by atoms with Crippen LogP contribution in [0.4, 0.5) is 15.3 Å². The number of likely N-dealkylation sites (N-methyl/N-ethyl adjacent to an activating group) is 2. The highest BCUT2D eigenvalue weighted by molar-refractivity contribution is 5.99. The van der Waals surface area contributed by atoms with Crippen LogP contribution in [0.15, 0.2) is 54.6 Å². The van der Waals surface area contributed by atoms with Crippen molar-refractivity contribution in [2.24, 2.45) is 35.3 Å². The van der Waals surface area contributed by atoms with Crippen molar-refractivity contribution in [1.82, 2.24) is 62.6 Å². The molecule has 3 fully saturated rings. The number of nitrogens with one attached hydrogen (secondary N) is 10. The summed E-state index contributed by atoms with van der Waals surface area (Å²) in [7, 11) is 5.97. The second-order valence-electron chi connectivity index (χ2n) is 31.0. The number of ether oxygens (including phenoxy) is 6. The third-order valence-corrected chi connectivity index (χ3v) is 21.2. The van der Waals surface area contributed by atoms with E-state index in [0.29, 0.717) is 36.9 Å². The Balaban J connectivity index is 1.13. The molecule has 5 rings (SSSR count). The third-order valence-electron chi connectivity index (χ3n) is 21.2. The average Bonchev–Trinajstić information content (AvgIpc) is 0.825. The van der Waals surface area contributed by atoms with Gasteiger partial charge in [0.15, 0.2) is 18.7 Å². The van der Waals surface area contributed by atoms with Crippen LogP contribution in [-0.4, -0.2) is 311 Å². The average molecular weight is 1670 g/mol. The predicted octanol–water partition coefficient (Wildman–Crippen LogP) is -3.29. The van der Waals surface area contributed by atoms with Gasteiger partial charge in [-0.1, -0.05) is 111 Å². The van der Waals surface area contributed by atoms with Gasteiger partial charge < -0.3 is 133 Å². The number of urea groups is 1. The molecule has 662 valence electrons. The Morgan fingerprint density at radius 3 is 1.86 bits per heavy atom. The molecule has 0 saturated carbocycles. The molecule has 2 aromatic carbocycles. The maximum Gasteiger partial charge on any atom is 0.410 e. The van der Waals surface area contributed by atoms with Gasteiger partial charge in [-0.3, -0.25) is 57.6 Å². The van der Waals surface area contributed by atoms with Gasteiger partial charge in [-0.15, -0.1) is 0 Å². The number of carbonyl (C=O) groups excluding carboxylic acids is 13. The largest absolute Gasteiger partial charge is 0.445 e. The number of nitrogens with two attached hydrogens (primary N) is 1. The molecule has 3 aliphatic heterocycles. The third kappa shape index (κ3) is 28.2. The van der Waals surface area contributed by atoms with E-state index in [-0.39, 0.29) is 55.8 Å². The molecule has 4 unspecified atom stereocenters. The zero-order valence-corrected chi connectivity index (χ0v) is 69.6. The van der Waals surface area contributed by atoms with E-state index in [1.54, 1.807) is 104 Å². The first-order valence-corrected chi connectivity index (χ1v) is 39.6. The smallest absolute Gasteiger partial charge is 0.410 e. The number of hydrogen-bond donors (Lipinski definition) is 18. The Bertz CT molecular complexity index is 3660. The van der Waals surface area contributed by atoms with E-state index in [1.165, 1.54) is 38.3 Å².